The Kier molecular flexibility index (Phi) is 2.09. The fourth-order valence-electron chi connectivity index (χ4n) is 1.05. The number of nitrogens with one attached hydrogen (secondary N) is 2. The van der Waals surface area contributed by atoms with E-state index in [0.717, 1.165) is 19.6 Å². The van der Waals surface area contributed by atoms with E-state index < -0.39 is 0 Å². The summed E-state index contributed by atoms with van der Waals surface area (Å²) in [5.41, 5.74) is 0.413. The zero-order valence-electron chi connectivity index (χ0n) is 6.33. The number of hydrogen-bond acceptors (Lipinski definition) is 2. The molecule has 0 aromatic heterocycles. The van der Waals surface area contributed by atoms with Crippen LogP contribution in [0, 0.1) is 0 Å². The highest BCUT2D eigenvalue weighted by atomic mass is 15.1. The van der Waals surface area contributed by atoms with E-state index in [9.17, 15) is 0 Å². The van der Waals surface area contributed by atoms with Gasteiger partial charge in [-0.25, -0.2) is 0 Å². The highest BCUT2D eigenvalue weighted by molar-refractivity contribution is 4.95. The molecule has 9 heavy (non-hydrogen) atoms. The van der Waals surface area contributed by atoms with Gasteiger partial charge in [-0.1, -0.05) is 6.92 Å². The lowest BCUT2D eigenvalue weighted by molar-refractivity contribution is 0.240. The van der Waals surface area contributed by atoms with Crippen molar-refractivity contribution in [3.05, 3.63) is 0 Å². The zero-order valence-corrected chi connectivity index (χ0v) is 6.33. The topological polar surface area (TPSA) is 24.1 Å². The van der Waals surface area contributed by atoms with Gasteiger partial charge in [-0.15, -0.1) is 0 Å². The van der Waals surface area contributed by atoms with Crippen molar-refractivity contribution in [2.24, 2.45) is 0 Å². The summed E-state index contributed by atoms with van der Waals surface area (Å²) in [5, 5.41) is 6.73. The van der Waals surface area contributed by atoms with Crippen molar-refractivity contribution < 1.29 is 0 Å². The van der Waals surface area contributed by atoms with Crippen LogP contribution in [0.5, 0.6) is 0 Å². The Labute approximate surface area is 57.0 Å². The third-order valence-electron chi connectivity index (χ3n) is 1.83. The van der Waals surface area contributed by atoms with Crippen LogP contribution in [-0.4, -0.2) is 25.2 Å². The van der Waals surface area contributed by atoms with Gasteiger partial charge in [-0.2, -0.15) is 0 Å². The molecule has 0 atom stereocenters. The van der Waals surface area contributed by atoms with Crippen molar-refractivity contribution >= 4 is 0 Å². The molecule has 0 aliphatic carbocycles. The van der Waals surface area contributed by atoms with Gasteiger partial charge in [-0.3, -0.25) is 0 Å². The average molecular weight is 128 g/mol. The Hall–Kier alpha value is -0.0800. The van der Waals surface area contributed by atoms with Crippen LogP contribution in [0.1, 0.15) is 20.3 Å². The zero-order chi connectivity index (χ0) is 6.74. The standard InChI is InChI=1S/C7H16N2/c1-3-4-9-7(2)5-8-6-7/h8-9H,3-6H2,1-2H3. The van der Waals surface area contributed by atoms with E-state index in [0.29, 0.717) is 5.54 Å². The third kappa shape index (κ3) is 1.66. The highest BCUT2D eigenvalue weighted by Gasteiger charge is 2.29. The second-order valence-corrected chi connectivity index (χ2v) is 3.09. The van der Waals surface area contributed by atoms with Gasteiger partial charge in [0.25, 0.3) is 0 Å². The first-order valence-corrected chi connectivity index (χ1v) is 3.72. The fraction of sp³-hybridized carbons (Fsp3) is 1.00. The average Bonchev–Trinajstić information content (AvgIpc) is 1.79. The molecule has 0 aromatic carbocycles. The summed E-state index contributed by atoms with van der Waals surface area (Å²) in [7, 11) is 0. The summed E-state index contributed by atoms with van der Waals surface area (Å²) in [5.74, 6) is 0. The molecular formula is C7H16N2. The molecule has 1 aliphatic rings. The SMILES string of the molecule is CCCNC1(C)CNC1. The molecule has 0 radical (unpaired) electrons. The van der Waals surface area contributed by atoms with E-state index in [2.05, 4.69) is 24.5 Å². The smallest absolute Gasteiger partial charge is 0.0403 e. The monoisotopic (exact) mass is 128 g/mol. The predicted molar refractivity (Wildman–Crippen MR) is 39.6 cm³/mol. The van der Waals surface area contributed by atoms with Crippen molar-refractivity contribution in [2.45, 2.75) is 25.8 Å². The van der Waals surface area contributed by atoms with Crippen LogP contribution in [0.4, 0.5) is 0 Å². The lowest BCUT2D eigenvalue weighted by Crippen LogP contribution is -2.65. The lowest BCUT2D eigenvalue weighted by Gasteiger charge is -2.40. The Balaban J connectivity index is 2.09. The quantitative estimate of drug-likeness (QED) is 0.573. The molecular weight excluding hydrogens is 112 g/mol. The molecule has 2 heteroatoms. The van der Waals surface area contributed by atoms with E-state index in [1.165, 1.54) is 6.42 Å². The normalized spacial score (nSPS) is 23.3. The van der Waals surface area contributed by atoms with Gasteiger partial charge in [0.15, 0.2) is 0 Å². The molecule has 1 saturated heterocycles. The molecule has 1 fully saturated rings. The minimum absolute atomic E-state index is 0.413. The van der Waals surface area contributed by atoms with Gasteiger partial charge in [0, 0.05) is 18.6 Å². The maximum absolute atomic E-state index is 3.48. The minimum Gasteiger partial charge on any atom is -0.313 e. The third-order valence-corrected chi connectivity index (χ3v) is 1.83. The first-order valence-electron chi connectivity index (χ1n) is 3.72. The molecule has 0 spiro atoms. The number of rotatable bonds is 3. The molecule has 0 amide bonds. The van der Waals surface area contributed by atoms with Crippen molar-refractivity contribution in [2.75, 3.05) is 19.6 Å². The molecule has 0 bridgehead atoms. The van der Waals surface area contributed by atoms with Gasteiger partial charge in [0.1, 0.15) is 0 Å². The Morgan fingerprint density at radius 3 is 2.56 bits per heavy atom. The van der Waals surface area contributed by atoms with Crippen LogP contribution < -0.4 is 10.6 Å². The molecule has 54 valence electrons. The maximum Gasteiger partial charge on any atom is 0.0403 e. The molecule has 1 aliphatic heterocycles. The van der Waals surface area contributed by atoms with Gasteiger partial charge in [0.2, 0.25) is 0 Å². The maximum atomic E-state index is 3.48. The van der Waals surface area contributed by atoms with Crippen molar-refractivity contribution in [3.63, 3.8) is 0 Å². The Morgan fingerprint density at radius 1 is 1.56 bits per heavy atom. The van der Waals surface area contributed by atoms with Gasteiger partial charge < -0.3 is 10.6 Å². The van der Waals surface area contributed by atoms with Gasteiger partial charge >= 0.3 is 0 Å². The summed E-state index contributed by atoms with van der Waals surface area (Å²) in [4.78, 5) is 0. The van der Waals surface area contributed by atoms with Crippen molar-refractivity contribution in [3.8, 4) is 0 Å². The first kappa shape index (κ1) is 7.03. The van der Waals surface area contributed by atoms with E-state index in [-0.39, 0.29) is 0 Å². The van der Waals surface area contributed by atoms with E-state index >= 15 is 0 Å². The molecule has 1 rings (SSSR count). The van der Waals surface area contributed by atoms with Crippen LogP contribution >= 0.6 is 0 Å². The van der Waals surface area contributed by atoms with E-state index in [1.54, 1.807) is 0 Å². The van der Waals surface area contributed by atoms with Gasteiger partial charge in [-0.05, 0) is 19.9 Å². The van der Waals surface area contributed by atoms with Crippen LogP contribution in [0.15, 0.2) is 0 Å². The second-order valence-electron chi connectivity index (χ2n) is 3.09. The fourth-order valence-corrected chi connectivity index (χ4v) is 1.05. The summed E-state index contributed by atoms with van der Waals surface area (Å²) >= 11 is 0. The lowest BCUT2D eigenvalue weighted by atomic mass is 9.95. The first-order chi connectivity index (χ1) is 4.27. The molecule has 0 aromatic rings. The van der Waals surface area contributed by atoms with Crippen LogP contribution in [0.3, 0.4) is 0 Å². The van der Waals surface area contributed by atoms with Crippen molar-refractivity contribution in [1.29, 1.82) is 0 Å². The van der Waals surface area contributed by atoms with E-state index in [1.807, 2.05) is 0 Å². The molecule has 0 saturated carbocycles. The van der Waals surface area contributed by atoms with Crippen molar-refractivity contribution in [1.82, 2.24) is 10.6 Å². The largest absolute Gasteiger partial charge is 0.313 e. The van der Waals surface area contributed by atoms with Crippen LogP contribution in [0.2, 0.25) is 0 Å². The van der Waals surface area contributed by atoms with Gasteiger partial charge in [0.05, 0.1) is 0 Å². The Morgan fingerprint density at radius 2 is 2.22 bits per heavy atom. The molecule has 0 unspecified atom stereocenters. The van der Waals surface area contributed by atoms with E-state index in [4.69, 9.17) is 0 Å². The van der Waals surface area contributed by atoms with Crippen LogP contribution in [0.25, 0.3) is 0 Å². The highest BCUT2D eigenvalue weighted by Crippen LogP contribution is 2.07. The summed E-state index contributed by atoms with van der Waals surface area (Å²) in [6, 6.07) is 0. The minimum atomic E-state index is 0.413. The summed E-state index contributed by atoms with van der Waals surface area (Å²) in [6.45, 7) is 7.87. The predicted octanol–water partition coefficient (Wildman–Crippen LogP) is 0.348. The molecule has 2 N–H and O–H groups in total. The Bertz CT molecular complexity index is 86.9. The number of hydrogen-bond donors (Lipinski definition) is 2. The van der Waals surface area contributed by atoms with Crippen LogP contribution in [-0.2, 0) is 0 Å². The molecule has 2 nitrogen and oxygen atoms in total. The summed E-state index contributed by atoms with van der Waals surface area (Å²) < 4.78 is 0. The molecule has 1 heterocycles. The second kappa shape index (κ2) is 2.67. The summed E-state index contributed by atoms with van der Waals surface area (Å²) in [6.07, 6.45) is 1.23.